The highest BCUT2D eigenvalue weighted by atomic mass is 35.5. The fourth-order valence-electron chi connectivity index (χ4n) is 5.18. The number of aliphatic carboxylic acids is 1. The molecule has 0 radical (unpaired) electrons. The van der Waals surface area contributed by atoms with Gasteiger partial charge < -0.3 is 5.11 Å². The third-order valence-electron chi connectivity index (χ3n) is 6.87. The molecule has 32 heavy (non-hydrogen) atoms. The first-order valence-electron chi connectivity index (χ1n) is 11.2. The maximum absolute atomic E-state index is 11.0. The van der Waals surface area contributed by atoms with Gasteiger partial charge in [0.25, 0.3) is 0 Å². The molecule has 4 heteroatoms. The van der Waals surface area contributed by atoms with Gasteiger partial charge in [-0.2, -0.15) is 0 Å². The highest BCUT2D eigenvalue weighted by molar-refractivity contribution is 6.35. The Labute approximate surface area is 199 Å². The zero-order chi connectivity index (χ0) is 22.7. The molecule has 0 spiro atoms. The fourth-order valence-corrected chi connectivity index (χ4v) is 5.84. The molecule has 0 aromatic heterocycles. The van der Waals surface area contributed by atoms with Crippen molar-refractivity contribution in [3.63, 3.8) is 0 Å². The maximum atomic E-state index is 11.0. The van der Waals surface area contributed by atoms with Crippen LogP contribution in [0.1, 0.15) is 53.9 Å². The molecule has 0 heterocycles. The lowest BCUT2D eigenvalue weighted by Gasteiger charge is -2.24. The molecule has 0 saturated heterocycles. The minimum absolute atomic E-state index is 0.130. The SMILES string of the molecule is C=Cc1cc([C@H]2CCC(Cl)[C@@H]2CCc2ccc(Cl)c3ccccc23)ccc1CCC(=O)O. The molecule has 1 aliphatic rings. The zero-order valence-corrected chi connectivity index (χ0v) is 19.6. The minimum Gasteiger partial charge on any atom is -0.481 e. The van der Waals surface area contributed by atoms with Crippen molar-refractivity contribution in [3.8, 4) is 0 Å². The largest absolute Gasteiger partial charge is 0.481 e. The summed E-state index contributed by atoms with van der Waals surface area (Å²) in [5.74, 6) is 0.0246. The molecule has 166 valence electrons. The molecule has 1 unspecified atom stereocenters. The molecule has 2 nitrogen and oxygen atoms in total. The summed E-state index contributed by atoms with van der Waals surface area (Å²) in [6.45, 7) is 3.95. The smallest absolute Gasteiger partial charge is 0.303 e. The van der Waals surface area contributed by atoms with Crippen molar-refractivity contribution in [2.45, 2.75) is 49.8 Å². The van der Waals surface area contributed by atoms with Gasteiger partial charge in [-0.3, -0.25) is 4.79 Å². The lowest BCUT2D eigenvalue weighted by molar-refractivity contribution is -0.136. The third kappa shape index (κ3) is 4.87. The van der Waals surface area contributed by atoms with Crippen LogP contribution >= 0.6 is 23.2 Å². The topological polar surface area (TPSA) is 37.3 Å². The van der Waals surface area contributed by atoms with Crippen LogP contribution in [-0.4, -0.2) is 16.5 Å². The summed E-state index contributed by atoms with van der Waals surface area (Å²) >= 11 is 13.2. The molecular weight excluding hydrogens is 439 g/mol. The molecule has 1 fully saturated rings. The van der Waals surface area contributed by atoms with Gasteiger partial charge in [-0.15, -0.1) is 11.6 Å². The first-order chi connectivity index (χ1) is 15.5. The van der Waals surface area contributed by atoms with Gasteiger partial charge in [-0.25, -0.2) is 0 Å². The van der Waals surface area contributed by atoms with Gasteiger partial charge in [0, 0.05) is 22.2 Å². The molecular formula is C28H28Cl2O2. The summed E-state index contributed by atoms with van der Waals surface area (Å²) in [6, 6.07) is 18.9. The molecule has 0 bridgehead atoms. The molecule has 1 N–H and O–H groups in total. The summed E-state index contributed by atoms with van der Waals surface area (Å²) < 4.78 is 0. The summed E-state index contributed by atoms with van der Waals surface area (Å²) in [6.07, 6.45) is 6.57. The van der Waals surface area contributed by atoms with Gasteiger partial charge in [0.2, 0.25) is 0 Å². The van der Waals surface area contributed by atoms with E-state index >= 15 is 0 Å². The normalized spacial score (nSPS) is 20.5. The van der Waals surface area contributed by atoms with Crippen LogP contribution in [0.4, 0.5) is 0 Å². The van der Waals surface area contributed by atoms with Crippen molar-refractivity contribution in [2.24, 2.45) is 5.92 Å². The average molecular weight is 467 g/mol. The number of carboxylic acids is 1. The Bertz CT molecular complexity index is 1140. The van der Waals surface area contributed by atoms with Gasteiger partial charge in [0.05, 0.1) is 0 Å². The van der Waals surface area contributed by atoms with Crippen LogP contribution in [0.15, 0.2) is 61.2 Å². The second kappa shape index (κ2) is 10.1. The second-order valence-electron chi connectivity index (χ2n) is 8.71. The Balaban J connectivity index is 1.54. The highest BCUT2D eigenvalue weighted by Crippen LogP contribution is 2.45. The first-order valence-corrected chi connectivity index (χ1v) is 12.1. The van der Waals surface area contributed by atoms with E-state index in [1.54, 1.807) is 0 Å². The van der Waals surface area contributed by atoms with Gasteiger partial charge in [-0.1, -0.05) is 72.8 Å². The number of hydrogen-bond acceptors (Lipinski definition) is 1. The van der Waals surface area contributed by atoms with E-state index < -0.39 is 5.97 Å². The number of halogens is 2. The van der Waals surface area contributed by atoms with Crippen LogP contribution in [0.2, 0.25) is 5.02 Å². The van der Waals surface area contributed by atoms with E-state index in [9.17, 15) is 4.79 Å². The standard InChI is InChI=1S/C28H28Cl2O2/c1-2-18-17-21(8-7-19(18)11-16-28(31)32)23-13-15-27(30)25(23)12-9-20-10-14-26(29)24-6-4-3-5-22(20)24/h2-8,10,14,17,23,25,27H,1,9,11-13,15-16H2,(H,31,32)/t23-,25-,27?/m1/s1. The number of carbonyl (C=O) groups is 1. The monoisotopic (exact) mass is 466 g/mol. The summed E-state index contributed by atoms with van der Waals surface area (Å²) in [5, 5.41) is 12.3. The van der Waals surface area contributed by atoms with Crippen LogP contribution in [0.3, 0.4) is 0 Å². The highest BCUT2D eigenvalue weighted by Gasteiger charge is 2.35. The van der Waals surface area contributed by atoms with Crippen LogP contribution < -0.4 is 0 Å². The van der Waals surface area contributed by atoms with Gasteiger partial charge in [0.15, 0.2) is 0 Å². The van der Waals surface area contributed by atoms with E-state index in [2.05, 4.69) is 49.0 Å². The molecule has 1 aliphatic carbocycles. The molecule has 0 aliphatic heterocycles. The van der Waals surface area contributed by atoms with Crippen molar-refractivity contribution in [3.05, 3.63) is 88.5 Å². The van der Waals surface area contributed by atoms with Crippen molar-refractivity contribution in [2.75, 3.05) is 0 Å². The Morgan fingerprint density at radius 3 is 2.53 bits per heavy atom. The Kier molecular flexibility index (Phi) is 7.23. The lowest BCUT2D eigenvalue weighted by Crippen LogP contribution is -2.15. The molecule has 3 atom stereocenters. The fraction of sp³-hybridized carbons (Fsp3) is 0.321. The molecule has 3 aromatic rings. The first kappa shape index (κ1) is 22.9. The van der Waals surface area contributed by atoms with E-state index in [0.29, 0.717) is 18.3 Å². The molecule has 4 rings (SSSR count). The number of hydrogen-bond donors (Lipinski definition) is 1. The summed E-state index contributed by atoms with van der Waals surface area (Å²) in [4.78, 5) is 11.0. The van der Waals surface area contributed by atoms with Crippen molar-refractivity contribution in [1.29, 1.82) is 0 Å². The van der Waals surface area contributed by atoms with Crippen molar-refractivity contribution in [1.82, 2.24) is 0 Å². The van der Waals surface area contributed by atoms with Crippen LogP contribution in [0, 0.1) is 5.92 Å². The van der Waals surface area contributed by atoms with E-state index in [1.807, 2.05) is 18.2 Å². The maximum Gasteiger partial charge on any atom is 0.303 e. The number of rotatable bonds is 8. The van der Waals surface area contributed by atoms with E-state index in [1.165, 1.54) is 16.5 Å². The van der Waals surface area contributed by atoms with Gasteiger partial charge in [-0.05, 0) is 77.6 Å². The number of benzene rings is 3. The summed E-state index contributed by atoms with van der Waals surface area (Å²) in [7, 11) is 0. The van der Waals surface area contributed by atoms with Crippen molar-refractivity contribution >= 4 is 46.0 Å². The predicted octanol–water partition coefficient (Wildman–Crippen LogP) is 7.89. The van der Waals surface area contributed by atoms with Gasteiger partial charge >= 0.3 is 5.97 Å². The van der Waals surface area contributed by atoms with Crippen LogP contribution in [0.5, 0.6) is 0 Å². The molecule has 0 amide bonds. The number of fused-ring (bicyclic) bond motifs is 1. The van der Waals surface area contributed by atoms with Gasteiger partial charge in [0.1, 0.15) is 0 Å². The summed E-state index contributed by atoms with van der Waals surface area (Å²) in [5.41, 5.74) is 4.67. The number of carboxylic acid groups (broad SMARTS) is 1. The molecule has 3 aromatic carbocycles. The lowest BCUT2D eigenvalue weighted by atomic mass is 9.83. The number of aryl methyl sites for hydroxylation is 2. The quantitative estimate of drug-likeness (QED) is 0.342. The second-order valence-corrected chi connectivity index (χ2v) is 9.68. The van der Waals surface area contributed by atoms with Crippen LogP contribution in [0.25, 0.3) is 16.8 Å². The zero-order valence-electron chi connectivity index (χ0n) is 18.1. The van der Waals surface area contributed by atoms with E-state index in [-0.39, 0.29) is 11.8 Å². The Hall–Kier alpha value is -2.29. The predicted molar refractivity (Wildman–Crippen MR) is 135 cm³/mol. The average Bonchev–Trinajstić information content (AvgIpc) is 3.17. The van der Waals surface area contributed by atoms with E-state index in [4.69, 9.17) is 28.3 Å². The molecule has 1 saturated carbocycles. The minimum atomic E-state index is -0.778. The Morgan fingerprint density at radius 2 is 1.78 bits per heavy atom. The van der Waals surface area contributed by atoms with Crippen molar-refractivity contribution < 1.29 is 9.90 Å². The third-order valence-corrected chi connectivity index (χ3v) is 7.74. The Morgan fingerprint density at radius 1 is 1.03 bits per heavy atom. The van der Waals surface area contributed by atoms with Crippen LogP contribution in [-0.2, 0) is 17.6 Å². The van der Waals surface area contributed by atoms with E-state index in [0.717, 1.165) is 47.2 Å². The number of alkyl halides is 1.